The van der Waals surface area contributed by atoms with E-state index < -0.39 is 40.8 Å². The van der Waals surface area contributed by atoms with Gasteiger partial charge in [-0.25, -0.2) is 9.78 Å². The summed E-state index contributed by atoms with van der Waals surface area (Å²) in [6.07, 6.45) is -0.716. The van der Waals surface area contributed by atoms with Crippen LogP contribution < -0.4 is 10.6 Å². The molecule has 0 bridgehead atoms. The Bertz CT molecular complexity index is 2330. The first kappa shape index (κ1) is 38.7. The van der Waals surface area contributed by atoms with Crippen molar-refractivity contribution in [3.8, 4) is 0 Å². The number of nitrogens with one attached hydrogen (secondary N) is 2. The monoisotopic (exact) mass is 823 g/mol. The number of thiol groups is 1. The summed E-state index contributed by atoms with van der Waals surface area (Å²) in [7, 11) is 1.34. The van der Waals surface area contributed by atoms with Crippen molar-refractivity contribution in [2.45, 2.75) is 23.1 Å². The van der Waals surface area contributed by atoms with Gasteiger partial charge < -0.3 is 20.2 Å². The van der Waals surface area contributed by atoms with Gasteiger partial charge in [-0.15, -0.1) is 35.7 Å². The summed E-state index contributed by atoms with van der Waals surface area (Å²) in [5, 5.41) is 12.3. The number of amides is 2. The molecule has 58 heavy (non-hydrogen) atoms. The van der Waals surface area contributed by atoms with Crippen LogP contribution in [-0.2, 0) is 29.5 Å². The Morgan fingerprint density at radius 2 is 1.31 bits per heavy atom. The van der Waals surface area contributed by atoms with E-state index in [4.69, 9.17) is 14.6 Å². The van der Waals surface area contributed by atoms with Gasteiger partial charge in [-0.2, -0.15) is 0 Å². The molecule has 5 aromatic carbocycles. The molecule has 0 unspecified atom stereocenters. The molecule has 1 aromatic heterocycles. The molecule has 0 spiro atoms. The average Bonchev–Trinajstić information content (AvgIpc) is 3.74. The molecule has 2 atom stereocenters. The lowest BCUT2D eigenvalue weighted by Gasteiger charge is -2.49. The van der Waals surface area contributed by atoms with Crippen LogP contribution in [0, 0.1) is 0 Å². The van der Waals surface area contributed by atoms with Gasteiger partial charge in [0.1, 0.15) is 35.5 Å². The number of anilines is 1. The summed E-state index contributed by atoms with van der Waals surface area (Å²) >= 11 is 7.30. The second-order valence-corrected chi connectivity index (χ2v) is 15.9. The number of β-lactam (4-membered cyclic amide) rings is 1. The van der Waals surface area contributed by atoms with Crippen LogP contribution in [0.3, 0.4) is 0 Å². The quantitative estimate of drug-likeness (QED) is 0.0270. The molecule has 0 radical (unpaired) electrons. The summed E-state index contributed by atoms with van der Waals surface area (Å²) in [6, 6.07) is 48.2. The number of carbonyl (C=O) groups excluding carboxylic acids is 3. The van der Waals surface area contributed by atoms with E-state index in [9.17, 15) is 14.4 Å². The number of aromatic nitrogens is 1. The van der Waals surface area contributed by atoms with Crippen LogP contribution in [0.4, 0.5) is 5.13 Å². The molecule has 0 aliphatic carbocycles. The van der Waals surface area contributed by atoms with E-state index in [0.29, 0.717) is 15.8 Å². The summed E-state index contributed by atoms with van der Waals surface area (Å²) in [4.78, 5) is 53.5. The number of hydrogen-bond acceptors (Lipinski definition) is 11. The average molecular weight is 824 g/mol. The maximum absolute atomic E-state index is 14.0. The van der Waals surface area contributed by atoms with Crippen molar-refractivity contribution in [2.75, 3.05) is 18.2 Å². The minimum absolute atomic E-state index is 0.0548. The third-order valence-corrected chi connectivity index (χ3v) is 12.5. The van der Waals surface area contributed by atoms with Crippen LogP contribution in [0.5, 0.6) is 0 Å². The number of fused-ring (bicyclic) bond motifs is 1. The van der Waals surface area contributed by atoms with E-state index in [0.717, 1.165) is 27.8 Å². The molecule has 1 saturated heterocycles. The van der Waals surface area contributed by atoms with Crippen LogP contribution in [0.1, 0.15) is 39.6 Å². The first-order valence-corrected chi connectivity index (χ1v) is 20.8. The largest absolute Gasteiger partial charge is 0.448 e. The molecule has 290 valence electrons. The number of oxime groups is 1. The van der Waals surface area contributed by atoms with Crippen molar-refractivity contribution in [2.24, 2.45) is 5.16 Å². The minimum atomic E-state index is -0.957. The summed E-state index contributed by atoms with van der Waals surface area (Å²) in [5.41, 5.74) is 3.88. The molecule has 10 nitrogen and oxygen atoms in total. The second kappa shape index (κ2) is 17.1. The Morgan fingerprint density at radius 1 is 0.810 bits per heavy atom. The Balaban J connectivity index is 1.02. The maximum Gasteiger partial charge on any atom is 0.356 e. The molecule has 1 fully saturated rings. The van der Waals surface area contributed by atoms with Crippen LogP contribution in [0.15, 0.2) is 173 Å². The number of carbonyl (C=O) groups is 3. The first-order chi connectivity index (χ1) is 28.4. The zero-order chi connectivity index (χ0) is 40.1. The summed E-state index contributed by atoms with van der Waals surface area (Å²) in [5.74, 6) is -1.48. The fourth-order valence-electron chi connectivity index (χ4n) is 7.23. The molecule has 2 aliphatic heterocycles. The Morgan fingerprint density at radius 3 is 1.81 bits per heavy atom. The van der Waals surface area contributed by atoms with Crippen molar-refractivity contribution in [3.63, 3.8) is 0 Å². The molecule has 2 aliphatic rings. The first-order valence-electron chi connectivity index (χ1n) is 18.4. The highest BCUT2D eigenvalue weighted by Crippen LogP contribution is 2.43. The van der Waals surface area contributed by atoms with E-state index in [2.05, 4.69) is 64.8 Å². The van der Waals surface area contributed by atoms with Crippen molar-refractivity contribution in [1.29, 1.82) is 0 Å². The number of thioether (sulfide) groups is 1. The van der Waals surface area contributed by atoms with Gasteiger partial charge in [0.05, 0.1) is 0 Å². The molecule has 2 N–H and O–H groups in total. The smallest absolute Gasteiger partial charge is 0.356 e. The fourth-order valence-corrected chi connectivity index (χ4v) is 9.60. The number of ether oxygens (including phenoxy) is 1. The lowest BCUT2D eigenvalue weighted by Crippen LogP contribution is -2.71. The zero-order valence-electron chi connectivity index (χ0n) is 31.1. The van der Waals surface area contributed by atoms with Crippen molar-refractivity contribution >= 4 is 64.4 Å². The lowest BCUT2D eigenvalue weighted by molar-refractivity contribution is -0.154. The highest BCUT2D eigenvalue weighted by molar-refractivity contribution is 8.01. The predicted molar refractivity (Wildman–Crippen MR) is 230 cm³/mol. The SMILES string of the molecule is CON=C(C(=O)N[C@@H]1C(=O)N2C(C(=O)OC(c3ccccc3)c3ccccc3)=C(S)CS[C@H]12)c1csc(NC(c2ccccc2)(c2ccccc2)c2ccccc2)n1. The fraction of sp³-hybridized carbons (Fsp3) is 0.133. The Kier molecular flexibility index (Phi) is 11.4. The molecule has 13 heteroatoms. The van der Waals surface area contributed by atoms with Gasteiger partial charge in [0.15, 0.2) is 16.9 Å². The zero-order valence-corrected chi connectivity index (χ0v) is 33.6. The molecular weight excluding hydrogens is 787 g/mol. The van der Waals surface area contributed by atoms with Crippen molar-refractivity contribution in [3.05, 3.63) is 201 Å². The number of nitrogens with zero attached hydrogens (tertiary/aromatic N) is 3. The topological polar surface area (TPSA) is 122 Å². The normalized spacial score (nSPS) is 16.6. The van der Waals surface area contributed by atoms with Gasteiger partial charge in [-0.1, -0.05) is 157 Å². The van der Waals surface area contributed by atoms with Gasteiger partial charge in [0, 0.05) is 16.0 Å². The van der Waals surface area contributed by atoms with E-state index in [1.54, 1.807) is 5.38 Å². The third kappa shape index (κ3) is 7.51. The number of esters is 1. The standard InChI is InChI=1S/C45H37N5O5S3/c1-54-49-36(34-27-58-44(46-34)48-45(31-21-11-4-12-22-31,32-23-13-5-14-24-32)33-25-15-6-16-26-33)40(51)47-37-41(52)50-38(35(56)28-57-42(37)50)43(53)55-39(29-17-7-2-8-18-29)30-19-9-3-10-20-30/h2-27,37,39,42,56H,28H2,1H3,(H,46,48)(H,47,51)/t37-,42-/m1/s1. The van der Waals surface area contributed by atoms with Gasteiger partial charge in [0.25, 0.3) is 11.8 Å². The van der Waals surface area contributed by atoms with Crippen LogP contribution >= 0.6 is 35.7 Å². The number of rotatable bonds is 13. The maximum atomic E-state index is 14.0. The van der Waals surface area contributed by atoms with E-state index in [1.807, 2.05) is 115 Å². The number of thiazole rings is 1. The lowest BCUT2D eigenvalue weighted by atomic mass is 9.77. The minimum Gasteiger partial charge on any atom is -0.448 e. The van der Waals surface area contributed by atoms with Crippen LogP contribution in [0.25, 0.3) is 0 Å². The number of hydrogen-bond donors (Lipinski definition) is 3. The Labute approximate surface area is 349 Å². The summed E-state index contributed by atoms with van der Waals surface area (Å²) in [6.45, 7) is 0. The molecule has 0 saturated carbocycles. The highest BCUT2D eigenvalue weighted by Gasteiger charge is 2.55. The van der Waals surface area contributed by atoms with E-state index >= 15 is 0 Å². The summed E-state index contributed by atoms with van der Waals surface area (Å²) < 4.78 is 6.11. The molecular formula is C45H37N5O5S3. The van der Waals surface area contributed by atoms with Crippen LogP contribution in [-0.4, -0.2) is 57.7 Å². The van der Waals surface area contributed by atoms with Crippen molar-refractivity contribution < 1.29 is 24.0 Å². The van der Waals surface area contributed by atoms with Gasteiger partial charge >= 0.3 is 5.97 Å². The highest BCUT2D eigenvalue weighted by atomic mass is 32.2. The molecule has 3 heterocycles. The van der Waals surface area contributed by atoms with Gasteiger partial charge in [-0.3, -0.25) is 14.5 Å². The second-order valence-electron chi connectivity index (χ2n) is 13.4. The molecule has 6 aromatic rings. The van der Waals surface area contributed by atoms with Gasteiger partial charge in [-0.05, 0) is 27.8 Å². The Hall–Kier alpha value is -6.15. The van der Waals surface area contributed by atoms with E-state index in [-0.39, 0.29) is 17.1 Å². The van der Waals surface area contributed by atoms with Crippen molar-refractivity contribution in [1.82, 2.24) is 15.2 Å². The van der Waals surface area contributed by atoms with E-state index in [1.165, 1.54) is 35.1 Å². The number of benzene rings is 5. The molecule has 2 amide bonds. The third-order valence-electron chi connectivity index (χ3n) is 9.92. The van der Waals surface area contributed by atoms with Gasteiger partial charge in [0.2, 0.25) is 0 Å². The molecule has 8 rings (SSSR count). The van der Waals surface area contributed by atoms with Crippen LogP contribution in [0.2, 0.25) is 0 Å². The predicted octanol–water partition coefficient (Wildman–Crippen LogP) is 7.77.